The third-order valence-electron chi connectivity index (χ3n) is 2.79. The maximum atomic E-state index is 12.1. The first-order valence-electron chi connectivity index (χ1n) is 5.99. The van der Waals surface area contributed by atoms with Crippen molar-refractivity contribution in [3.63, 3.8) is 0 Å². The molecule has 1 aliphatic rings. The second-order valence-electron chi connectivity index (χ2n) is 5.42. The van der Waals surface area contributed by atoms with Crippen LogP contribution in [0.25, 0.3) is 0 Å². The van der Waals surface area contributed by atoms with Gasteiger partial charge in [0, 0.05) is 13.1 Å². The van der Waals surface area contributed by atoms with Crippen LogP contribution in [0, 0.1) is 0 Å². The first-order valence-corrected chi connectivity index (χ1v) is 5.99. The lowest BCUT2D eigenvalue weighted by Gasteiger charge is -2.28. The molecule has 1 atom stereocenters. The highest BCUT2D eigenvalue weighted by Gasteiger charge is 2.29. The van der Waals surface area contributed by atoms with Crippen molar-refractivity contribution >= 4 is 5.97 Å². The predicted octanol–water partition coefficient (Wildman–Crippen LogP) is 2.22. The average Bonchev–Trinajstić information content (AvgIpc) is 2.26. The molecule has 92 valence electrons. The van der Waals surface area contributed by atoms with Crippen LogP contribution in [-0.4, -0.2) is 18.1 Å². The van der Waals surface area contributed by atoms with Crippen LogP contribution in [0.15, 0.2) is 24.3 Å². The zero-order valence-corrected chi connectivity index (χ0v) is 10.6. The Morgan fingerprint density at radius 1 is 1.35 bits per heavy atom. The van der Waals surface area contributed by atoms with Gasteiger partial charge in [-0.25, -0.2) is 0 Å². The molecule has 17 heavy (non-hydrogen) atoms. The maximum Gasteiger partial charge on any atom is 0.315 e. The van der Waals surface area contributed by atoms with E-state index >= 15 is 0 Å². The summed E-state index contributed by atoms with van der Waals surface area (Å²) in [5.74, 6) is -0.323. The normalized spacial score (nSPS) is 19.6. The monoisotopic (exact) mass is 233 g/mol. The predicted molar refractivity (Wildman–Crippen MR) is 66.7 cm³/mol. The molecular weight excluding hydrogens is 214 g/mol. The van der Waals surface area contributed by atoms with Gasteiger partial charge in [-0.05, 0) is 31.9 Å². The minimum Gasteiger partial charge on any atom is -0.459 e. The topological polar surface area (TPSA) is 38.3 Å². The second-order valence-corrected chi connectivity index (χ2v) is 5.42. The summed E-state index contributed by atoms with van der Waals surface area (Å²) in [6.45, 7) is 7.18. The Kier molecular flexibility index (Phi) is 3.20. The molecule has 0 spiro atoms. The molecule has 0 bridgehead atoms. The molecule has 1 aromatic rings. The maximum absolute atomic E-state index is 12.1. The van der Waals surface area contributed by atoms with Gasteiger partial charge < -0.3 is 10.1 Å². The van der Waals surface area contributed by atoms with E-state index in [1.807, 2.05) is 39.0 Å². The van der Waals surface area contributed by atoms with E-state index in [0.717, 1.165) is 12.1 Å². The van der Waals surface area contributed by atoms with Gasteiger partial charge in [-0.2, -0.15) is 0 Å². The molecule has 3 heteroatoms. The van der Waals surface area contributed by atoms with Gasteiger partial charge >= 0.3 is 5.97 Å². The van der Waals surface area contributed by atoms with Crippen molar-refractivity contribution in [2.45, 2.75) is 38.8 Å². The highest BCUT2D eigenvalue weighted by molar-refractivity contribution is 5.79. The summed E-state index contributed by atoms with van der Waals surface area (Å²) in [4.78, 5) is 12.1. The summed E-state index contributed by atoms with van der Waals surface area (Å²) < 4.78 is 5.46. The number of benzene rings is 1. The van der Waals surface area contributed by atoms with Crippen molar-refractivity contribution in [1.82, 2.24) is 5.32 Å². The lowest BCUT2D eigenvalue weighted by Crippen LogP contribution is -2.36. The van der Waals surface area contributed by atoms with E-state index in [2.05, 4.69) is 11.4 Å². The molecule has 2 rings (SSSR count). The van der Waals surface area contributed by atoms with Crippen molar-refractivity contribution < 1.29 is 9.53 Å². The fraction of sp³-hybridized carbons (Fsp3) is 0.500. The number of hydrogen-bond acceptors (Lipinski definition) is 3. The van der Waals surface area contributed by atoms with Gasteiger partial charge in [0.25, 0.3) is 0 Å². The second kappa shape index (κ2) is 4.49. The van der Waals surface area contributed by atoms with E-state index in [-0.39, 0.29) is 11.9 Å². The largest absolute Gasteiger partial charge is 0.459 e. The van der Waals surface area contributed by atoms with Gasteiger partial charge in [0.15, 0.2) is 0 Å². The summed E-state index contributed by atoms with van der Waals surface area (Å²) in [7, 11) is 0. The van der Waals surface area contributed by atoms with E-state index in [0.29, 0.717) is 6.54 Å². The number of carbonyl (C=O) groups is 1. The summed E-state index contributed by atoms with van der Waals surface area (Å²) in [5.41, 5.74) is 1.86. The molecule has 0 unspecified atom stereocenters. The Morgan fingerprint density at radius 2 is 2.06 bits per heavy atom. The van der Waals surface area contributed by atoms with E-state index in [4.69, 9.17) is 4.74 Å². The molecule has 1 heterocycles. The first kappa shape index (κ1) is 12.1. The van der Waals surface area contributed by atoms with Gasteiger partial charge in [-0.1, -0.05) is 24.3 Å². The number of carbonyl (C=O) groups excluding carboxylic acids is 1. The molecular formula is C14H19NO2. The Hall–Kier alpha value is -1.35. The summed E-state index contributed by atoms with van der Waals surface area (Å²) in [6.07, 6.45) is 0. The van der Waals surface area contributed by atoms with Crippen molar-refractivity contribution in [2.75, 3.05) is 6.54 Å². The van der Waals surface area contributed by atoms with E-state index in [9.17, 15) is 4.79 Å². The molecule has 0 aliphatic carbocycles. The van der Waals surface area contributed by atoms with E-state index in [1.54, 1.807) is 0 Å². The number of nitrogens with one attached hydrogen (secondary N) is 1. The van der Waals surface area contributed by atoms with Crippen LogP contribution in [0.1, 0.15) is 37.8 Å². The van der Waals surface area contributed by atoms with E-state index in [1.165, 1.54) is 5.56 Å². The molecule has 0 amide bonds. The Balaban J connectivity index is 2.21. The number of hydrogen-bond donors (Lipinski definition) is 1. The molecule has 0 saturated carbocycles. The standard InChI is InChI=1S/C14H19NO2/c1-14(2,3)17-13(16)12-9-15-8-10-6-4-5-7-11(10)12/h4-7,12,15H,8-9H2,1-3H3/t12-/m0/s1. The fourth-order valence-corrected chi connectivity index (χ4v) is 2.08. The van der Waals surface area contributed by atoms with Crippen LogP contribution in [-0.2, 0) is 16.1 Å². The zero-order chi connectivity index (χ0) is 12.5. The third kappa shape index (κ3) is 2.86. The summed E-state index contributed by atoms with van der Waals surface area (Å²) >= 11 is 0. The van der Waals surface area contributed by atoms with Crippen LogP contribution in [0.4, 0.5) is 0 Å². The SMILES string of the molecule is CC(C)(C)OC(=O)[C@H]1CNCc2ccccc21. The van der Waals surface area contributed by atoms with Crippen molar-refractivity contribution in [3.8, 4) is 0 Å². The van der Waals surface area contributed by atoms with Gasteiger partial charge in [0.1, 0.15) is 5.60 Å². The van der Waals surface area contributed by atoms with Crippen LogP contribution >= 0.6 is 0 Å². The van der Waals surface area contributed by atoms with Crippen LogP contribution in [0.3, 0.4) is 0 Å². The number of rotatable bonds is 1. The third-order valence-corrected chi connectivity index (χ3v) is 2.79. The lowest BCUT2D eigenvalue weighted by atomic mass is 9.91. The van der Waals surface area contributed by atoms with Crippen molar-refractivity contribution in [3.05, 3.63) is 35.4 Å². The molecule has 1 N–H and O–H groups in total. The minimum absolute atomic E-state index is 0.142. The smallest absolute Gasteiger partial charge is 0.315 e. The fourth-order valence-electron chi connectivity index (χ4n) is 2.08. The Morgan fingerprint density at radius 3 is 2.76 bits per heavy atom. The van der Waals surface area contributed by atoms with Gasteiger partial charge in [0.05, 0.1) is 5.92 Å². The highest BCUT2D eigenvalue weighted by Crippen LogP contribution is 2.26. The molecule has 1 aromatic carbocycles. The van der Waals surface area contributed by atoms with Gasteiger partial charge in [-0.3, -0.25) is 4.79 Å². The molecule has 3 nitrogen and oxygen atoms in total. The lowest BCUT2D eigenvalue weighted by molar-refractivity contribution is -0.156. The van der Waals surface area contributed by atoms with E-state index < -0.39 is 5.60 Å². The molecule has 0 aromatic heterocycles. The van der Waals surface area contributed by atoms with Crippen molar-refractivity contribution in [2.24, 2.45) is 0 Å². The highest BCUT2D eigenvalue weighted by atomic mass is 16.6. The molecule has 0 fully saturated rings. The minimum atomic E-state index is -0.427. The van der Waals surface area contributed by atoms with Crippen LogP contribution in [0.5, 0.6) is 0 Å². The van der Waals surface area contributed by atoms with Crippen LogP contribution in [0.2, 0.25) is 0 Å². The Bertz CT molecular complexity index is 420. The molecule has 0 saturated heterocycles. The number of ether oxygens (including phenoxy) is 1. The van der Waals surface area contributed by atoms with Gasteiger partial charge in [-0.15, -0.1) is 0 Å². The zero-order valence-electron chi connectivity index (χ0n) is 10.6. The van der Waals surface area contributed by atoms with Gasteiger partial charge in [0.2, 0.25) is 0 Å². The summed E-state index contributed by atoms with van der Waals surface area (Å²) in [6, 6.07) is 8.04. The molecule has 1 aliphatic heterocycles. The first-order chi connectivity index (χ1) is 7.97. The number of esters is 1. The summed E-state index contributed by atoms with van der Waals surface area (Å²) in [5, 5.41) is 3.26. The quantitative estimate of drug-likeness (QED) is 0.756. The molecule has 0 radical (unpaired) electrons. The number of fused-ring (bicyclic) bond motifs is 1. The Labute approximate surface area is 102 Å². The average molecular weight is 233 g/mol. The van der Waals surface area contributed by atoms with Crippen molar-refractivity contribution in [1.29, 1.82) is 0 Å². The van der Waals surface area contributed by atoms with Crippen LogP contribution < -0.4 is 5.32 Å².